The number of halogens is 1. The van der Waals surface area contributed by atoms with Gasteiger partial charge in [-0.2, -0.15) is 0 Å². The van der Waals surface area contributed by atoms with Gasteiger partial charge in [0.1, 0.15) is 0 Å². The van der Waals surface area contributed by atoms with E-state index in [0.717, 1.165) is 28.5 Å². The molecule has 0 saturated heterocycles. The van der Waals surface area contributed by atoms with Crippen LogP contribution < -0.4 is 9.22 Å². The van der Waals surface area contributed by atoms with Crippen LogP contribution in [0.2, 0.25) is 0 Å². The normalized spacial score (nSPS) is 14.1. The summed E-state index contributed by atoms with van der Waals surface area (Å²) >= 11 is 2.33. The topological polar surface area (TPSA) is 35.0 Å². The van der Waals surface area contributed by atoms with Crippen LogP contribution in [0.15, 0.2) is 54.9 Å². The van der Waals surface area contributed by atoms with Crippen LogP contribution in [-0.4, -0.2) is 26.8 Å². The van der Waals surface area contributed by atoms with Crippen LogP contribution in [0.3, 0.4) is 0 Å². The summed E-state index contributed by atoms with van der Waals surface area (Å²) in [5.41, 5.74) is 2.92. The minimum atomic E-state index is -0.349. The Morgan fingerprint density at radius 3 is 2.50 bits per heavy atom. The van der Waals surface area contributed by atoms with Gasteiger partial charge in [0.2, 0.25) is 0 Å². The van der Waals surface area contributed by atoms with Crippen molar-refractivity contribution in [1.82, 2.24) is 9.97 Å². The van der Waals surface area contributed by atoms with Gasteiger partial charge in [-0.05, 0) is 0 Å². The summed E-state index contributed by atoms with van der Waals surface area (Å²) in [6.45, 7) is 0.345. The first-order valence-corrected chi connectivity index (χ1v) is 9.66. The van der Waals surface area contributed by atoms with Crippen molar-refractivity contribution in [2.45, 2.75) is 31.8 Å². The molecule has 1 fully saturated rings. The van der Waals surface area contributed by atoms with E-state index in [-0.39, 0.29) is 5.82 Å². The molecule has 3 nitrogen and oxygen atoms in total. The number of hydrogen-bond donors (Lipinski definition) is 0. The second-order valence-electron chi connectivity index (χ2n) is 6.51. The Hall–Kier alpha value is -2.19. The summed E-state index contributed by atoms with van der Waals surface area (Å²) in [7, 11) is 0. The Bertz CT molecular complexity index is 896. The summed E-state index contributed by atoms with van der Waals surface area (Å²) < 4.78 is 22.1. The molecule has 130 valence electrons. The van der Waals surface area contributed by atoms with Gasteiger partial charge < -0.3 is 0 Å². The van der Waals surface area contributed by atoms with Crippen molar-refractivity contribution < 1.29 is 9.13 Å². The summed E-state index contributed by atoms with van der Waals surface area (Å²) in [6.07, 6.45) is 6.58. The number of hydrogen-bond acceptors (Lipinski definition) is 3. The van der Waals surface area contributed by atoms with Crippen LogP contribution >= 0.6 is 0 Å². The first-order chi connectivity index (χ1) is 12.7. The Kier molecular flexibility index (Phi) is 5.03. The van der Waals surface area contributed by atoms with Crippen LogP contribution in [0.5, 0.6) is 5.75 Å². The maximum atomic E-state index is 15.3. The predicted molar refractivity (Wildman–Crippen MR) is 100 cm³/mol. The Labute approximate surface area is 161 Å². The van der Waals surface area contributed by atoms with E-state index in [1.165, 1.54) is 6.42 Å². The van der Waals surface area contributed by atoms with Gasteiger partial charge in [0.15, 0.2) is 0 Å². The van der Waals surface area contributed by atoms with E-state index in [2.05, 4.69) is 26.8 Å². The van der Waals surface area contributed by atoms with Crippen LogP contribution in [-0.2, 0) is 6.61 Å². The van der Waals surface area contributed by atoms with Gasteiger partial charge in [0.25, 0.3) is 0 Å². The second-order valence-corrected chi connectivity index (χ2v) is 7.47. The zero-order valence-corrected chi connectivity index (χ0v) is 16.1. The quantitative estimate of drug-likeness (QED) is 0.601. The van der Waals surface area contributed by atoms with E-state index in [4.69, 9.17) is 4.74 Å². The van der Waals surface area contributed by atoms with Crippen molar-refractivity contribution in [2.75, 3.05) is 0 Å². The average Bonchev–Trinajstić information content (AvgIpc) is 2.62. The molecule has 0 spiro atoms. The van der Waals surface area contributed by atoms with E-state index in [1.807, 2.05) is 36.4 Å². The Balaban J connectivity index is 1.70. The van der Waals surface area contributed by atoms with Gasteiger partial charge in [0, 0.05) is 0 Å². The van der Waals surface area contributed by atoms with Crippen LogP contribution in [0.25, 0.3) is 11.3 Å². The van der Waals surface area contributed by atoms with Crippen LogP contribution in [0.1, 0.15) is 36.3 Å². The molecule has 0 bridgehead atoms. The summed E-state index contributed by atoms with van der Waals surface area (Å²) in [5, 5.41) is 0. The molecule has 5 heteroatoms. The molecule has 2 radical (unpaired) electrons. The van der Waals surface area contributed by atoms with Gasteiger partial charge >= 0.3 is 155 Å². The number of aromatic nitrogens is 2. The fourth-order valence-corrected chi connectivity index (χ4v) is 3.39. The van der Waals surface area contributed by atoms with Crippen LogP contribution in [0, 0.1) is 5.82 Å². The molecule has 1 aliphatic rings. The second kappa shape index (κ2) is 7.59. The molecule has 1 aromatic heterocycles. The molecule has 0 amide bonds. The average molecular weight is 408 g/mol. The monoisotopic (exact) mass is 408 g/mol. The molecule has 0 atom stereocenters. The van der Waals surface area contributed by atoms with Crippen molar-refractivity contribution >= 4 is 21.3 Å². The number of ether oxygens (including phenoxy) is 1. The summed E-state index contributed by atoms with van der Waals surface area (Å²) in [6, 6.07) is 13.6. The van der Waals surface area contributed by atoms with Gasteiger partial charge in [-0.1, -0.05) is 6.07 Å². The molecule has 1 aliphatic carbocycles. The summed E-state index contributed by atoms with van der Waals surface area (Å²) in [4.78, 5) is 8.51. The van der Waals surface area contributed by atoms with Crippen molar-refractivity contribution in [2.24, 2.45) is 0 Å². The van der Waals surface area contributed by atoms with Crippen molar-refractivity contribution in [3.63, 3.8) is 0 Å². The van der Waals surface area contributed by atoms with Gasteiger partial charge in [-0.3, -0.25) is 0 Å². The van der Waals surface area contributed by atoms with Crippen LogP contribution in [0.4, 0.5) is 4.39 Å². The molecule has 0 aliphatic heterocycles. The summed E-state index contributed by atoms with van der Waals surface area (Å²) in [5.74, 6) is 0.387. The molecule has 1 saturated carbocycles. The molecule has 2 aromatic carbocycles. The molecule has 1 heterocycles. The Morgan fingerprint density at radius 1 is 1.04 bits per heavy atom. The fourth-order valence-electron chi connectivity index (χ4n) is 3.15. The van der Waals surface area contributed by atoms with Crippen molar-refractivity contribution in [1.29, 1.82) is 0 Å². The van der Waals surface area contributed by atoms with Crippen molar-refractivity contribution in [3.8, 4) is 17.0 Å². The third-order valence-corrected chi connectivity index (χ3v) is 5.30. The van der Waals surface area contributed by atoms with Crippen molar-refractivity contribution in [3.05, 3.63) is 71.8 Å². The third-order valence-electron chi connectivity index (χ3n) is 4.81. The van der Waals surface area contributed by atoms with Gasteiger partial charge in [-0.15, -0.1) is 0 Å². The Morgan fingerprint density at radius 2 is 1.85 bits per heavy atom. The van der Waals surface area contributed by atoms with E-state index < -0.39 is 0 Å². The van der Waals surface area contributed by atoms with Gasteiger partial charge in [0.05, 0.1) is 0 Å². The first-order valence-electron chi connectivity index (χ1n) is 8.73. The standard InChI is InChI=1S/C21H18AsFN2O/c22-19-12-24-18(11-25-19)17-10-9-16(15-7-4-8-15)21(20(17)23)26-13-14-5-2-1-3-6-14/h1-3,5-6,9-12,15H,4,7-8,13H2. The molecule has 3 aromatic rings. The number of rotatable bonds is 5. The molecule has 26 heavy (non-hydrogen) atoms. The fraction of sp³-hybridized carbons (Fsp3) is 0.238. The number of benzene rings is 2. The third kappa shape index (κ3) is 3.52. The zero-order valence-electron chi connectivity index (χ0n) is 14.2. The van der Waals surface area contributed by atoms with E-state index in [9.17, 15) is 0 Å². The molecule has 0 unspecified atom stereocenters. The minimum absolute atomic E-state index is 0.345. The van der Waals surface area contributed by atoms with E-state index in [1.54, 1.807) is 18.5 Å². The molecular weight excluding hydrogens is 390 g/mol. The van der Waals surface area contributed by atoms with Gasteiger partial charge in [-0.25, -0.2) is 0 Å². The van der Waals surface area contributed by atoms with E-state index in [0.29, 0.717) is 29.5 Å². The first kappa shape index (κ1) is 17.2. The number of nitrogens with zero attached hydrogens (tertiary/aromatic N) is 2. The molecular formula is C21H18AsFN2O. The zero-order chi connectivity index (χ0) is 17.9. The maximum absolute atomic E-state index is 15.3. The predicted octanol–water partition coefficient (Wildman–Crippen LogP) is 3.92. The van der Waals surface area contributed by atoms with E-state index >= 15 is 4.39 Å². The SMILES string of the molecule is Fc1c(-c2cnc([As])cn2)ccc(C2CCC2)c1OCc1ccccc1. The molecule has 0 N–H and O–H groups in total. The molecule has 4 rings (SSSR count).